The lowest BCUT2D eigenvalue weighted by atomic mass is 9.65. The average molecular weight is 431 g/mol. The van der Waals surface area contributed by atoms with Crippen molar-refractivity contribution in [1.29, 1.82) is 0 Å². The van der Waals surface area contributed by atoms with Gasteiger partial charge in [-0.25, -0.2) is 0 Å². The summed E-state index contributed by atoms with van der Waals surface area (Å²) in [6, 6.07) is 20.7. The van der Waals surface area contributed by atoms with E-state index in [9.17, 15) is 14.9 Å². The molecule has 0 saturated carbocycles. The number of nitro groups is 1. The molecular weight excluding hydrogens is 400 g/mol. The molecule has 1 fully saturated rings. The van der Waals surface area contributed by atoms with Crippen LogP contribution < -0.4 is 0 Å². The van der Waals surface area contributed by atoms with E-state index in [2.05, 4.69) is 58.0 Å². The Labute approximate surface area is 189 Å². The van der Waals surface area contributed by atoms with Gasteiger partial charge < -0.3 is 4.90 Å². The minimum Gasteiger partial charge on any atom is -0.331 e. The van der Waals surface area contributed by atoms with Crippen LogP contribution in [0, 0.1) is 27.4 Å². The Bertz CT molecular complexity index is 1150. The molecule has 0 N–H and O–H groups in total. The van der Waals surface area contributed by atoms with Crippen molar-refractivity contribution in [3.8, 4) is 0 Å². The summed E-state index contributed by atoms with van der Waals surface area (Å²) in [7, 11) is 0. The second-order valence-corrected chi connectivity index (χ2v) is 10.0. The number of carbonyl (C=O) groups excluding carboxylic acids is 1. The van der Waals surface area contributed by atoms with Gasteiger partial charge in [0, 0.05) is 24.2 Å². The van der Waals surface area contributed by atoms with Gasteiger partial charge in [-0.05, 0) is 58.2 Å². The third-order valence-electron chi connectivity index (χ3n) is 6.82. The van der Waals surface area contributed by atoms with Crippen LogP contribution in [0.3, 0.4) is 0 Å². The second kappa shape index (κ2) is 8.38. The molecule has 3 aromatic rings. The summed E-state index contributed by atoms with van der Waals surface area (Å²) in [5.41, 5.74) is 1.63. The van der Waals surface area contributed by atoms with Crippen molar-refractivity contribution in [3.63, 3.8) is 0 Å². The Morgan fingerprint density at radius 3 is 2.28 bits per heavy atom. The van der Waals surface area contributed by atoms with Crippen LogP contribution in [-0.2, 0) is 0 Å². The highest BCUT2D eigenvalue weighted by Gasteiger charge is 2.44. The number of amides is 1. The van der Waals surface area contributed by atoms with E-state index in [1.807, 2.05) is 17.0 Å². The molecule has 0 spiro atoms. The fourth-order valence-electron chi connectivity index (χ4n) is 5.39. The molecule has 5 nitrogen and oxygen atoms in total. The van der Waals surface area contributed by atoms with Crippen molar-refractivity contribution in [2.75, 3.05) is 6.54 Å². The summed E-state index contributed by atoms with van der Waals surface area (Å²) in [6.07, 6.45) is 0.935. The van der Waals surface area contributed by atoms with Gasteiger partial charge in [0.1, 0.15) is 0 Å². The van der Waals surface area contributed by atoms with Crippen molar-refractivity contribution < 1.29 is 9.72 Å². The third-order valence-corrected chi connectivity index (χ3v) is 6.82. The number of hydrogen-bond acceptors (Lipinski definition) is 3. The van der Waals surface area contributed by atoms with E-state index < -0.39 is 4.92 Å². The van der Waals surface area contributed by atoms with E-state index in [1.54, 1.807) is 12.1 Å². The first-order valence-corrected chi connectivity index (χ1v) is 11.2. The highest BCUT2D eigenvalue weighted by atomic mass is 16.6. The van der Waals surface area contributed by atoms with Crippen LogP contribution in [0.2, 0.25) is 0 Å². The van der Waals surface area contributed by atoms with Crippen LogP contribution in [0.1, 0.15) is 56.1 Å². The first-order chi connectivity index (χ1) is 15.2. The lowest BCUT2D eigenvalue weighted by Gasteiger charge is -2.50. The number of fused-ring (bicyclic) bond motifs is 1. The Kier molecular flexibility index (Phi) is 5.76. The first kappa shape index (κ1) is 22.0. The van der Waals surface area contributed by atoms with Gasteiger partial charge in [-0.1, -0.05) is 64.1 Å². The second-order valence-electron chi connectivity index (χ2n) is 10.0. The number of carbonyl (C=O) groups is 1. The highest BCUT2D eigenvalue weighted by molar-refractivity contribution is 5.95. The van der Waals surface area contributed by atoms with Crippen LogP contribution in [0.25, 0.3) is 10.8 Å². The van der Waals surface area contributed by atoms with Crippen molar-refractivity contribution >= 4 is 22.4 Å². The van der Waals surface area contributed by atoms with Crippen LogP contribution >= 0.6 is 0 Å². The molecule has 1 amide bonds. The zero-order valence-corrected chi connectivity index (χ0v) is 19.1. The van der Waals surface area contributed by atoms with Gasteiger partial charge in [-0.15, -0.1) is 0 Å². The molecule has 3 atom stereocenters. The number of nitrogens with zero attached hydrogens (tertiary/aromatic N) is 2. The van der Waals surface area contributed by atoms with Crippen LogP contribution in [-0.4, -0.2) is 22.3 Å². The topological polar surface area (TPSA) is 63.5 Å². The van der Waals surface area contributed by atoms with Crippen molar-refractivity contribution in [2.45, 2.75) is 40.2 Å². The van der Waals surface area contributed by atoms with Gasteiger partial charge in [0.05, 0.1) is 11.0 Å². The number of benzene rings is 3. The smallest absolute Gasteiger partial charge is 0.269 e. The van der Waals surface area contributed by atoms with Crippen molar-refractivity contribution in [1.82, 2.24) is 4.90 Å². The Balaban J connectivity index is 1.79. The molecule has 1 heterocycles. The van der Waals surface area contributed by atoms with Crippen LogP contribution in [0.15, 0.2) is 66.7 Å². The van der Waals surface area contributed by atoms with E-state index in [4.69, 9.17) is 0 Å². The normalized spacial score (nSPS) is 21.5. The molecule has 1 saturated heterocycles. The van der Waals surface area contributed by atoms with Gasteiger partial charge in [-0.3, -0.25) is 14.9 Å². The molecule has 0 bridgehead atoms. The molecular formula is C27H30N2O3. The molecule has 166 valence electrons. The van der Waals surface area contributed by atoms with E-state index in [0.29, 0.717) is 18.0 Å². The van der Waals surface area contributed by atoms with Gasteiger partial charge >= 0.3 is 0 Å². The standard InChI is InChI=1S/C27H30N2O3/c1-18-15-16-28(26(30)20-11-13-23(14-12-20)29(31)32)25(24(18)27(2,3)4)22-10-9-19-7-5-6-8-21(19)17-22/h5-14,17-18,24-25H,15-16H2,1-4H3/t18-,24+,25-/m1/s1. The highest BCUT2D eigenvalue weighted by Crippen LogP contribution is 2.49. The van der Waals surface area contributed by atoms with Gasteiger partial charge in [0.15, 0.2) is 0 Å². The first-order valence-electron chi connectivity index (χ1n) is 11.2. The largest absolute Gasteiger partial charge is 0.331 e. The third kappa shape index (κ3) is 4.12. The lowest BCUT2D eigenvalue weighted by Crippen LogP contribution is -2.49. The maximum Gasteiger partial charge on any atom is 0.269 e. The zero-order chi connectivity index (χ0) is 23.0. The van der Waals surface area contributed by atoms with E-state index >= 15 is 0 Å². The monoisotopic (exact) mass is 430 g/mol. The Morgan fingerprint density at radius 2 is 1.66 bits per heavy atom. The quantitative estimate of drug-likeness (QED) is 0.346. The van der Waals surface area contributed by atoms with Gasteiger partial charge in [0.2, 0.25) is 0 Å². The number of piperidine rings is 1. The summed E-state index contributed by atoms with van der Waals surface area (Å²) in [6.45, 7) is 9.71. The predicted molar refractivity (Wildman–Crippen MR) is 128 cm³/mol. The van der Waals surface area contributed by atoms with Crippen molar-refractivity contribution in [3.05, 3.63) is 88.0 Å². The number of hydrogen-bond donors (Lipinski definition) is 0. The van der Waals surface area contributed by atoms with E-state index in [-0.39, 0.29) is 29.0 Å². The number of nitro benzene ring substituents is 1. The van der Waals surface area contributed by atoms with Gasteiger partial charge in [-0.2, -0.15) is 0 Å². The Morgan fingerprint density at radius 1 is 1.00 bits per heavy atom. The summed E-state index contributed by atoms with van der Waals surface area (Å²) in [5.74, 6) is 0.672. The van der Waals surface area contributed by atoms with Crippen LogP contribution in [0.5, 0.6) is 0 Å². The molecule has 0 radical (unpaired) electrons. The fourth-order valence-corrected chi connectivity index (χ4v) is 5.39. The lowest BCUT2D eigenvalue weighted by molar-refractivity contribution is -0.384. The van der Waals surface area contributed by atoms with E-state index in [1.165, 1.54) is 22.9 Å². The molecule has 5 heteroatoms. The van der Waals surface area contributed by atoms with E-state index in [0.717, 1.165) is 12.0 Å². The summed E-state index contributed by atoms with van der Waals surface area (Å²) in [4.78, 5) is 26.2. The molecule has 32 heavy (non-hydrogen) atoms. The fraction of sp³-hybridized carbons (Fsp3) is 0.370. The minimum atomic E-state index is -0.440. The van der Waals surface area contributed by atoms with Gasteiger partial charge in [0.25, 0.3) is 11.6 Å². The molecule has 1 aliphatic rings. The molecule has 4 rings (SSSR count). The summed E-state index contributed by atoms with van der Waals surface area (Å²) < 4.78 is 0. The maximum atomic E-state index is 13.7. The molecule has 0 aromatic heterocycles. The number of likely N-dealkylation sites (tertiary alicyclic amines) is 1. The minimum absolute atomic E-state index is 0.00412. The predicted octanol–water partition coefficient (Wildman–Crippen LogP) is 6.63. The Hall–Kier alpha value is -3.21. The summed E-state index contributed by atoms with van der Waals surface area (Å²) in [5, 5.41) is 13.4. The summed E-state index contributed by atoms with van der Waals surface area (Å²) >= 11 is 0. The average Bonchev–Trinajstić information content (AvgIpc) is 2.77. The molecule has 0 unspecified atom stereocenters. The molecule has 1 aliphatic heterocycles. The SMILES string of the molecule is C[C@@H]1CCN(C(=O)c2ccc([N+](=O)[O-])cc2)[C@H](c2ccc3ccccc3c2)[C@H]1C(C)(C)C. The zero-order valence-electron chi connectivity index (χ0n) is 19.1. The number of rotatable bonds is 3. The maximum absolute atomic E-state index is 13.7. The number of non-ortho nitro benzene ring substituents is 1. The molecule has 0 aliphatic carbocycles. The molecule has 3 aromatic carbocycles. The van der Waals surface area contributed by atoms with Crippen molar-refractivity contribution in [2.24, 2.45) is 17.3 Å². The van der Waals surface area contributed by atoms with Crippen LogP contribution in [0.4, 0.5) is 5.69 Å².